The molecule has 1 saturated carbocycles. The molecule has 3 fully saturated rings. The van der Waals surface area contributed by atoms with Crippen molar-refractivity contribution in [3.05, 3.63) is 84.7 Å². The molecule has 316 valence electrons. The SMILES string of the molecule is COC(=O)N[C@@H](C(C)C)C(O)N1CC2(CC2)C[C@H]1c1ncc(-c2ccc3cc(-c4ccc(-c5cnc([C@@H]6SCCN6C(=O)[C@@H](NC(=O)OC)C(C)C)[nH]5)cc4)ccc3c2)[nH]1. The number of aromatic nitrogens is 4. The number of thioether (sulfide) groups is 1. The Morgan fingerprint density at radius 2 is 1.38 bits per heavy atom. The molecule has 15 heteroatoms. The van der Waals surface area contributed by atoms with Gasteiger partial charge in [0.2, 0.25) is 5.91 Å². The number of hydrogen-bond donors (Lipinski definition) is 5. The van der Waals surface area contributed by atoms with E-state index in [1.807, 2.05) is 33.9 Å². The first-order chi connectivity index (χ1) is 28.9. The van der Waals surface area contributed by atoms with Crippen LogP contribution in [0.3, 0.4) is 0 Å². The molecular weight excluding hydrogens is 781 g/mol. The molecule has 5 N–H and O–H groups in total. The number of aromatic amines is 2. The number of aliphatic hydroxyl groups is 1. The topological polar surface area (TPSA) is 178 Å². The number of ether oxygens (including phenoxy) is 2. The van der Waals surface area contributed by atoms with Crippen molar-refractivity contribution in [3.63, 3.8) is 0 Å². The second-order valence-electron chi connectivity index (χ2n) is 17.0. The number of carbonyl (C=O) groups excluding carboxylic acids is 3. The van der Waals surface area contributed by atoms with Crippen LogP contribution in [0.5, 0.6) is 0 Å². The van der Waals surface area contributed by atoms with Gasteiger partial charge in [0.05, 0.1) is 50.1 Å². The number of methoxy groups -OCH3 is 2. The molecule has 1 unspecified atom stereocenters. The van der Waals surface area contributed by atoms with E-state index in [0.29, 0.717) is 12.4 Å². The highest BCUT2D eigenvalue weighted by molar-refractivity contribution is 7.99. The largest absolute Gasteiger partial charge is 0.453 e. The number of alkyl carbamates (subject to hydrolysis) is 2. The maximum Gasteiger partial charge on any atom is 0.407 e. The van der Waals surface area contributed by atoms with Gasteiger partial charge in [0.15, 0.2) is 0 Å². The summed E-state index contributed by atoms with van der Waals surface area (Å²) in [7, 11) is 2.63. The third-order valence-corrected chi connectivity index (χ3v) is 13.5. The van der Waals surface area contributed by atoms with E-state index in [4.69, 9.17) is 14.5 Å². The quantitative estimate of drug-likeness (QED) is 0.0848. The van der Waals surface area contributed by atoms with Crippen LogP contribution >= 0.6 is 11.8 Å². The van der Waals surface area contributed by atoms with E-state index in [2.05, 4.69) is 91.1 Å². The number of H-pyrrole nitrogens is 2. The Labute approximate surface area is 354 Å². The van der Waals surface area contributed by atoms with Crippen LogP contribution < -0.4 is 10.6 Å². The zero-order valence-corrected chi connectivity index (χ0v) is 35.7. The van der Waals surface area contributed by atoms with Gasteiger partial charge in [-0.3, -0.25) is 9.69 Å². The first kappa shape index (κ1) is 41.4. The second-order valence-corrected chi connectivity index (χ2v) is 18.2. The van der Waals surface area contributed by atoms with Crippen molar-refractivity contribution in [2.75, 3.05) is 33.1 Å². The summed E-state index contributed by atoms with van der Waals surface area (Å²) < 4.78 is 9.62. The Hall–Kier alpha value is -5.38. The van der Waals surface area contributed by atoms with Crippen molar-refractivity contribution in [2.45, 2.75) is 76.7 Å². The van der Waals surface area contributed by atoms with Crippen LogP contribution in [0, 0.1) is 17.3 Å². The number of nitrogens with zero attached hydrogens (tertiary/aromatic N) is 4. The lowest BCUT2D eigenvalue weighted by molar-refractivity contribution is -0.134. The molecule has 0 bridgehead atoms. The zero-order valence-electron chi connectivity index (χ0n) is 34.9. The Kier molecular flexibility index (Phi) is 11.7. The van der Waals surface area contributed by atoms with Crippen molar-refractivity contribution in [1.82, 2.24) is 40.4 Å². The van der Waals surface area contributed by atoms with Crippen molar-refractivity contribution in [3.8, 4) is 33.6 Å². The Balaban J connectivity index is 0.950. The van der Waals surface area contributed by atoms with E-state index in [0.717, 1.165) is 81.8 Å². The maximum absolute atomic E-state index is 13.6. The van der Waals surface area contributed by atoms with E-state index in [1.54, 1.807) is 22.9 Å². The van der Waals surface area contributed by atoms with Gasteiger partial charge in [0.1, 0.15) is 29.3 Å². The molecule has 8 rings (SSSR count). The van der Waals surface area contributed by atoms with Crippen LogP contribution in [0.1, 0.15) is 70.0 Å². The number of aliphatic hydroxyl groups excluding tert-OH is 1. The van der Waals surface area contributed by atoms with Crippen LogP contribution in [-0.2, 0) is 14.3 Å². The average molecular weight is 835 g/mol. The number of hydrogen-bond acceptors (Lipinski definition) is 10. The number of amides is 3. The number of benzene rings is 3. The highest BCUT2D eigenvalue weighted by Gasteiger charge is 2.55. The highest BCUT2D eigenvalue weighted by Crippen LogP contribution is 2.59. The summed E-state index contributed by atoms with van der Waals surface area (Å²) >= 11 is 1.65. The van der Waals surface area contributed by atoms with Gasteiger partial charge in [-0.25, -0.2) is 19.6 Å². The molecule has 3 aliphatic rings. The zero-order chi connectivity index (χ0) is 42.3. The Morgan fingerprint density at radius 1 is 0.800 bits per heavy atom. The van der Waals surface area contributed by atoms with Crippen molar-refractivity contribution < 1.29 is 29.0 Å². The first-order valence-electron chi connectivity index (χ1n) is 20.7. The molecule has 2 saturated heterocycles. The van der Waals surface area contributed by atoms with Gasteiger partial charge in [-0.2, -0.15) is 0 Å². The second kappa shape index (κ2) is 16.9. The first-order valence-corrected chi connectivity index (χ1v) is 21.7. The molecular formula is C45H54N8O6S. The third kappa shape index (κ3) is 8.35. The number of nitrogens with one attached hydrogen (secondary N) is 4. The van der Waals surface area contributed by atoms with Crippen molar-refractivity contribution in [2.24, 2.45) is 17.3 Å². The molecule has 60 heavy (non-hydrogen) atoms. The molecule has 5 atom stereocenters. The fourth-order valence-corrected chi connectivity index (χ4v) is 9.84. The molecule has 0 radical (unpaired) electrons. The van der Waals surface area contributed by atoms with Gasteiger partial charge in [-0.15, -0.1) is 11.8 Å². The van der Waals surface area contributed by atoms with E-state index < -0.39 is 30.5 Å². The number of likely N-dealkylation sites (tertiary alicyclic amines) is 1. The van der Waals surface area contributed by atoms with Gasteiger partial charge in [-0.1, -0.05) is 76.2 Å². The van der Waals surface area contributed by atoms with E-state index in [-0.39, 0.29) is 34.6 Å². The minimum Gasteiger partial charge on any atom is -0.453 e. The highest BCUT2D eigenvalue weighted by atomic mass is 32.2. The summed E-state index contributed by atoms with van der Waals surface area (Å²) in [5.74, 6) is 2.01. The minimum atomic E-state index is -0.888. The molecule has 3 amide bonds. The van der Waals surface area contributed by atoms with Gasteiger partial charge in [0, 0.05) is 24.4 Å². The van der Waals surface area contributed by atoms with Crippen LogP contribution in [0.4, 0.5) is 9.59 Å². The molecule has 4 heterocycles. The maximum atomic E-state index is 13.6. The van der Waals surface area contributed by atoms with E-state index >= 15 is 0 Å². The van der Waals surface area contributed by atoms with E-state index in [9.17, 15) is 19.5 Å². The summed E-state index contributed by atoms with van der Waals surface area (Å²) in [6.07, 6.45) is 4.77. The molecule has 2 aliphatic heterocycles. The lowest BCUT2D eigenvalue weighted by Gasteiger charge is -2.36. The number of carbonyl (C=O) groups is 3. The number of imidazole rings is 2. The lowest BCUT2D eigenvalue weighted by Crippen LogP contribution is -2.54. The lowest BCUT2D eigenvalue weighted by atomic mass is 9.98. The third-order valence-electron chi connectivity index (χ3n) is 12.3. The van der Waals surface area contributed by atoms with Crippen LogP contribution in [-0.4, -0.2) is 104 Å². The summed E-state index contributed by atoms with van der Waals surface area (Å²) in [6, 6.07) is 20.0. The fourth-order valence-electron chi connectivity index (χ4n) is 8.64. The molecule has 2 aromatic heterocycles. The van der Waals surface area contributed by atoms with Gasteiger partial charge in [0.25, 0.3) is 0 Å². The predicted molar refractivity (Wildman–Crippen MR) is 232 cm³/mol. The van der Waals surface area contributed by atoms with Crippen molar-refractivity contribution in [1.29, 1.82) is 0 Å². The van der Waals surface area contributed by atoms with Crippen molar-refractivity contribution >= 4 is 40.6 Å². The van der Waals surface area contributed by atoms with Gasteiger partial charge in [-0.05, 0) is 76.1 Å². The predicted octanol–water partition coefficient (Wildman–Crippen LogP) is 7.47. The summed E-state index contributed by atoms with van der Waals surface area (Å²) in [6.45, 7) is 9.09. The molecule has 1 aliphatic carbocycles. The fraction of sp³-hybridized carbons (Fsp3) is 0.444. The Bertz CT molecular complexity index is 2360. The molecule has 14 nitrogen and oxygen atoms in total. The molecule has 3 aromatic carbocycles. The van der Waals surface area contributed by atoms with Gasteiger partial charge < -0.3 is 40.1 Å². The van der Waals surface area contributed by atoms with Crippen LogP contribution in [0.15, 0.2) is 73.1 Å². The van der Waals surface area contributed by atoms with E-state index in [1.165, 1.54) is 14.2 Å². The number of rotatable bonds is 12. The minimum absolute atomic E-state index is 0.00599. The smallest absolute Gasteiger partial charge is 0.407 e. The molecule has 5 aromatic rings. The average Bonchev–Trinajstić information content (AvgIpc) is 3.79. The summed E-state index contributed by atoms with van der Waals surface area (Å²) in [4.78, 5) is 58.1. The summed E-state index contributed by atoms with van der Waals surface area (Å²) in [5, 5.41) is 19.1. The standard InChI is InChI=1S/C45H54N8O6S/c1-25(2)36(50-43(56)58-5)40(54)52-17-18-60-42(52)39-47-22-33(49-39)28-9-7-27(8-10-28)29-11-12-31-20-32(14-13-30(31)19-29)34-23-46-38(48-34)35-21-45(15-16-45)24-53(35)41(55)37(26(3)4)51-44(57)59-6/h7-14,19-20,22-23,25-26,35-37,41-42,55H,15-18,21,24H2,1-6H3,(H,46,48)(H,47,49)(H,50,56)(H,51,57)/t35-,36-,37-,41?,42-/m0/s1. The number of fused-ring (bicyclic) bond motifs is 1. The van der Waals surface area contributed by atoms with Crippen LogP contribution in [0.2, 0.25) is 0 Å². The molecule has 1 spiro atoms. The Morgan fingerprint density at radius 3 is 2.03 bits per heavy atom. The van der Waals surface area contributed by atoms with Crippen LogP contribution in [0.25, 0.3) is 44.4 Å². The monoisotopic (exact) mass is 834 g/mol. The summed E-state index contributed by atoms with van der Waals surface area (Å²) in [5.41, 5.74) is 6.14. The van der Waals surface area contributed by atoms with Gasteiger partial charge >= 0.3 is 12.2 Å². The normalized spacial score (nSPS) is 20.1.